The summed E-state index contributed by atoms with van der Waals surface area (Å²) in [5, 5.41) is 5.32. The van der Waals surface area contributed by atoms with Gasteiger partial charge in [0.25, 0.3) is 0 Å². The van der Waals surface area contributed by atoms with Gasteiger partial charge in [-0.1, -0.05) is 12.1 Å². The molecular weight excluding hydrogens is 258 g/mol. The highest BCUT2D eigenvalue weighted by atomic mass is 32.1. The molecule has 0 fully saturated rings. The van der Waals surface area contributed by atoms with E-state index in [0.29, 0.717) is 18.5 Å². The minimum atomic E-state index is 0.347. The first-order valence-electron chi connectivity index (χ1n) is 6.25. The Hall–Kier alpha value is -1.88. The Morgan fingerprint density at radius 1 is 1.26 bits per heavy atom. The lowest BCUT2D eigenvalue weighted by molar-refractivity contribution is 0.287. The molecule has 0 spiro atoms. The summed E-state index contributed by atoms with van der Waals surface area (Å²) >= 11 is 1.66. The van der Waals surface area contributed by atoms with Gasteiger partial charge in [0, 0.05) is 18.3 Å². The van der Waals surface area contributed by atoms with Crippen LogP contribution in [0.15, 0.2) is 36.5 Å². The van der Waals surface area contributed by atoms with Gasteiger partial charge in [0.05, 0.1) is 10.2 Å². The Morgan fingerprint density at radius 3 is 2.84 bits per heavy atom. The van der Waals surface area contributed by atoms with Crippen LogP contribution in [0.4, 0.5) is 0 Å². The number of fused-ring (bicyclic) bond motifs is 1. The molecule has 98 valence electrons. The topological polar surface area (TPSA) is 39.9 Å². The molecule has 0 saturated carbocycles. The first-order chi connectivity index (χ1) is 9.22. The SMILES string of the molecule is CC(C)n1ccc(OCc2nc3ccccc3s2)n1. The third-order valence-corrected chi connectivity index (χ3v) is 3.80. The summed E-state index contributed by atoms with van der Waals surface area (Å²) in [6, 6.07) is 10.3. The van der Waals surface area contributed by atoms with E-state index in [1.165, 1.54) is 4.70 Å². The second kappa shape index (κ2) is 5.01. The molecule has 3 aromatic rings. The number of thiazole rings is 1. The largest absolute Gasteiger partial charge is 0.469 e. The second-order valence-corrected chi connectivity index (χ2v) is 5.71. The van der Waals surface area contributed by atoms with Crippen LogP contribution in [-0.4, -0.2) is 14.8 Å². The molecular formula is C14H15N3OS. The van der Waals surface area contributed by atoms with Crippen molar-refractivity contribution in [2.75, 3.05) is 0 Å². The van der Waals surface area contributed by atoms with Crippen molar-refractivity contribution in [3.05, 3.63) is 41.5 Å². The number of benzene rings is 1. The fourth-order valence-electron chi connectivity index (χ4n) is 1.80. The van der Waals surface area contributed by atoms with Crippen LogP contribution in [0.1, 0.15) is 24.9 Å². The van der Waals surface area contributed by atoms with Gasteiger partial charge < -0.3 is 4.74 Å². The van der Waals surface area contributed by atoms with E-state index in [2.05, 4.69) is 30.0 Å². The summed E-state index contributed by atoms with van der Waals surface area (Å²) in [5.41, 5.74) is 1.03. The molecule has 4 nitrogen and oxygen atoms in total. The van der Waals surface area contributed by atoms with Crippen molar-refractivity contribution < 1.29 is 4.74 Å². The van der Waals surface area contributed by atoms with E-state index < -0.39 is 0 Å². The maximum Gasteiger partial charge on any atom is 0.233 e. The summed E-state index contributed by atoms with van der Waals surface area (Å²) in [6.45, 7) is 4.64. The molecule has 0 unspecified atom stereocenters. The minimum Gasteiger partial charge on any atom is -0.469 e. The van der Waals surface area contributed by atoms with E-state index in [-0.39, 0.29) is 0 Å². The van der Waals surface area contributed by atoms with Crippen LogP contribution in [-0.2, 0) is 6.61 Å². The highest BCUT2D eigenvalue weighted by molar-refractivity contribution is 7.18. The summed E-state index contributed by atoms with van der Waals surface area (Å²) in [4.78, 5) is 4.53. The molecule has 0 aliphatic rings. The van der Waals surface area contributed by atoms with Crippen molar-refractivity contribution in [2.24, 2.45) is 0 Å². The number of para-hydroxylation sites is 1. The van der Waals surface area contributed by atoms with Crippen molar-refractivity contribution >= 4 is 21.6 Å². The average molecular weight is 273 g/mol. The fraction of sp³-hybridized carbons (Fsp3) is 0.286. The molecule has 5 heteroatoms. The normalized spacial score (nSPS) is 11.3. The van der Waals surface area contributed by atoms with Gasteiger partial charge in [-0.05, 0) is 26.0 Å². The lowest BCUT2D eigenvalue weighted by Gasteiger charge is -2.03. The van der Waals surface area contributed by atoms with Crippen molar-refractivity contribution in [3.8, 4) is 5.88 Å². The van der Waals surface area contributed by atoms with Crippen molar-refractivity contribution in [1.82, 2.24) is 14.8 Å². The zero-order valence-corrected chi connectivity index (χ0v) is 11.7. The Bertz CT molecular complexity index is 654. The number of nitrogens with zero attached hydrogens (tertiary/aromatic N) is 3. The Labute approximate surface area is 115 Å². The van der Waals surface area contributed by atoms with Gasteiger partial charge in [0.15, 0.2) is 0 Å². The predicted molar refractivity (Wildman–Crippen MR) is 76.6 cm³/mol. The standard InChI is InChI=1S/C14H15N3OS/c1-10(2)17-8-7-13(16-17)18-9-14-15-11-5-3-4-6-12(11)19-14/h3-8,10H,9H2,1-2H3. The number of aromatic nitrogens is 3. The molecule has 0 radical (unpaired) electrons. The molecule has 2 aromatic heterocycles. The van der Waals surface area contributed by atoms with E-state index in [0.717, 1.165) is 10.5 Å². The van der Waals surface area contributed by atoms with Crippen LogP contribution in [0.25, 0.3) is 10.2 Å². The molecule has 2 heterocycles. The highest BCUT2D eigenvalue weighted by Gasteiger charge is 2.06. The van der Waals surface area contributed by atoms with E-state index in [9.17, 15) is 0 Å². The smallest absolute Gasteiger partial charge is 0.233 e. The maximum atomic E-state index is 5.67. The molecule has 0 saturated heterocycles. The summed E-state index contributed by atoms with van der Waals surface area (Å²) in [5.74, 6) is 0.646. The molecule has 0 N–H and O–H groups in total. The van der Waals surface area contributed by atoms with Gasteiger partial charge in [-0.2, -0.15) is 0 Å². The molecule has 0 atom stereocenters. The molecule has 1 aromatic carbocycles. The van der Waals surface area contributed by atoms with Gasteiger partial charge >= 0.3 is 0 Å². The summed E-state index contributed by atoms with van der Waals surface area (Å²) < 4.78 is 8.74. The Morgan fingerprint density at radius 2 is 2.11 bits per heavy atom. The Balaban J connectivity index is 1.71. The van der Waals surface area contributed by atoms with Crippen LogP contribution in [0.3, 0.4) is 0 Å². The number of rotatable bonds is 4. The second-order valence-electron chi connectivity index (χ2n) is 4.59. The maximum absolute atomic E-state index is 5.67. The highest BCUT2D eigenvalue weighted by Crippen LogP contribution is 2.22. The summed E-state index contributed by atoms with van der Waals surface area (Å²) in [6.07, 6.45) is 1.93. The minimum absolute atomic E-state index is 0.347. The van der Waals surface area contributed by atoms with Crippen LogP contribution >= 0.6 is 11.3 Å². The molecule has 0 bridgehead atoms. The van der Waals surface area contributed by atoms with Gasteiger partial charge in [-0.15, -0.1) is 16.4 Å². The predicted octanol–water partition coefficient (Wildman–Crippen LogP) is 3.65. The number of hydrogen-bond acceptors (Lipinski definition) is 4. The molecule has 19 heavy (non-hydrogen) atoms. The van der Waals surface area contributed by atoms with Crippen LogP contribution in [0.5, 0.6) is 5.88 Å². The first-order valence-corrected chi connectivity index (χ1v) is 7.06. The Kier molecular flexibility index (Phi) is 3.21. The van der Waals surface area contributed by atoms with Crippen LogP contribution < -0.4 is 4.74 Å². The van der Waals surface area contributed by atoms with E-state index >= 15 is 0 Å². The molecule has 0 amide bonds. The molecule has 0 aliphatic carbocycles. The van der Waals surface area contributed by atoms with Gasteiger partial charge in [0.1, 0.15) is 11.6 Å². The third kappa shape index (κ3) is 2.61. The average Bonchev–Trinajstić information content (AvgIpc) is 3.02. The zero-order valence-electron chi connectivity index (χ0n) is 10.9. The fourth-order valence-corrected chi connectivity index (χ4v) is 2.68. The van der Waals surface area contributed by atoms with Gasteiger partial charge in [-0.25, -0.2) is 4.98 Å². The van der Waals surface area contributed by atoms with E-state index in [1.54, 1.807) is 11.3 Å². The van der Waals surface area contributed by atoms with Crippen molar-refractivity contribution in [3.63, 3.8) is 0 Å². The number of hydrogen-bond donors (Lipinski definition) is 0. The lowest BCUT2D eigenvalue weighted by Crippen LogP contribution is -2.02. The van der Waals surface area contributed by atoms with Crippen molar-refractivity contribution in [2.45, 2.75) is 26.5 Å². The van der Waals surface area contributed by atoms with Gasteiger partial charge in [0.2, 0.25) is 5.88 Å². The molecule has 0 aliphatic heterocycles. The molecule has 3 rings (SSSR count). The quantitative estimate of drug-likeness (QED) is 0.728. The van der Waals surface area contributed by atoms with Crippen LogP contribution in [0.2, 0.25) is 0 Å². The van der Waals surface area contributed by atoms with Gasteiger partial charge in [-0.3, -0.25) is 4.68 Å². The lowest BCUT2D eigenvalue weighted by atomic mass is 10.3. The van der Waals surface area contributed by atoms with Crippen molar-refractivity contribution in [1.29, 1.82) is 0 Å². The third-order valence-electron chi connectivity index (χ3n) is 2.79. The summed E-state index contributed by atoms with van der Waals surface area (Å²) in [7, 11) is 0. The zero-order chi connectivity index (χ0) is 13.2. The first kappa shape index (κ1) is 12.2. The van der Waals surface area contributed by atoms with E-state index in [1.807, 2.05) is 35.1 Å². The monoisotopic (exact) mass is 273 g/mol. The number of ether oxygens (including phenoxy) is 1. The van der Waals surface area contributed by atoms with Crippen LogP contribution in [0, 0.1) is 0 Å². The van der Waals surface area contributed by atoms with E-state index in [4.69, 9.17) is 4.74 Å².